The highest BCUT2D eigenvalue weighted by molar-refractivity contribution is 7.13. The van der Waals surface area contributed by atoms with E-state index < -0.39 is 12.1 Å². The van der Waals surface area contributed by atoms with E-state index in [9.17, 15) is 14.7 Å². The van der Waals surface area contributed by atoms with Gasteiger partial charge >= 0.3 is 5.97 Å². The number of aryl methyl sites for hydroxylation is 1. The number of unbranched alkanes of at least 4 members (excludes halogenated alkanes) is 3. The lowest BCUT2D eigenvalue weighted by atomic mass is 10.1. The van der Waals surface area contributed by atoms with Crippen LogP contribution in [0.25, 0.3) is 0 Å². The van der Waals surface area contributed by atoms with Crippen LogP contribution in [0, 0.1) is 0 Å². The fraction of sp³-hybridized carbons (Fsp3) is 0.500. The number of benzene rings is 1. The van der Waals surface area contributed by atoms with Crippen molar-refractivity contribution in [2.45, 2.75) is 64.2 Å². The Morgan fingerprint density at radius 1 is 1.16 bits per heavy atom. The van der Waals surface area contributed by atoms with Crippen molar-refractivity contribution in [2.75, 3.05) is 18.6 Å². The molecular weight excluding hydrogens is 414 g/mol. The van der Waals surface area contributed by atoms with Gasteiger partial charge in [0.15, 0.2) is 0 Å². The second-order valence-corrected chi connectivity index (χ2v) is 9.02. The van der Waals surface area contributed by atoms with E-state index in [0.29, 0.717) is 11.5 Å². The number of methoxy groups -OCH3 is 1. The van der Waals surface area contributed by atoms with Gasteiger partial charge in [-0.1, -0.05) is 38.3 Å². The van der Waals surface area contributed by atoms with Crippen LogP contribution in [0.5, 0.6) is 0 Å². The number of carbonyl (C=O) groups is 2. The largest absolute Gasteiger partial charge is 0.465 e. The van der Waals surface area contributed by atoms with Gasteiger partial charge in [-0.2, -0.15) is 0 Å². The quantitative estimate of drug-likeness (QED) is 0.411. The Morgan fingerprint density at radius 3 is 2.65 bits per heavy atom. The van der Waals surface area contributed by atoms with Gasteiger partial charge in [-0.25, -0.2) is 4.79 Å². The Kier molecular flexibility index (Phi) is 8.63. The molecule has 1 aromatic heterocycles. The monoisotopic (exact) mass is 445 g/mol. The van der Waals surface area contributed by atoms with Gasteiger partial charge in [-0.15, -0.1) is 11.3 Å². The average molecular weight is 446 g/mol. The summed E-state index contributed by atoms with van der Waals surface area (Å²) in [6, 6.07) is 11.2. The van der Waals surface area contributed by atoms with Crippen LogP contribution >= 0.6 is 11.3 Å². The van der Waals surface area contributed by atoms with Gasteiger partial charge in [-0.3, -0.25) is 4.79 Å². The molecule has 31 heavy (non-hydrogen) atoms. The Labute approximate surface area is 187 Å². The summed E-state index contributed by atoms with van der Waals surface area (Å²) < 4.78 is 10.5. The Hall–Kier alpha value is -2.22. The Balaban J connectivity index is 1.57. The molecule has 1 saturated heterocycles. The van der Waals surface area contributed by atoms with Crippen molar-refractivity contribution >= 4 is 28.9 Å². The number of aliphatic hydroxyl groups is 1. The van der Waals surface area contributed by atoms with Crippen LogP contribution in [0.15, 0.2) is 36.4 Å². The van der Waals surface area contributed by atoms with Crippen LogP contribution < -0.4 is 4.90 Å². The summed E-state index contributed by atoms with van der Waals surface area (Å²) in [5.41, 5.74) is 2.05. The highest BCUT2D eigenvalue weighted by Gasteiger charge is 2.39. The molecule has 2 unspecified atom stereocenters. The van der Waals surface area contributed by atoms with Gasteiger partial charge in [0.1, 0.15) is 4.88 Å². The third-order valence-corrected chi connectivity index (χ3v) is 6.58. The van der Waals surface area contributed by atoms with E-state index in [1.807, 2.05) is 18.2 Å². The molecule has 2 atom stereocenters. The first kappa shape index (κ1) is 23.4. The first-order valence-electron chi connectivity index (χ1n) is 10.9. The van der Waals surface area contributed by atoms with Crippen LogP contribution in [-0.2, 0) is 27.3 Å². The normalized spacial score (nSPS) is 18.5. The number of anilines is 1. The molecule has 1 N–H and O–H groups in total. The van der Waals surface area contributed by atoms with Crippen LogP contribution in [0.4, 0.5) is 5.69 Å². The highest BCUT2D eigenvalue weighted by atomic mass is 32.1. The lowest BCUT2D eigenvalue weighted by Gasteiger charge is -2.26. The number of rotatable bonds is 11. The minimum Gasteiger partial charge on any atom is -0.465 e. The summed E-state index contributed by atoms with van der Waals surface area (Å²) in [5, 5.41) is 10.4. The minimum atomic E-state index is -0.768. The zero-order chi connectivity index (χ0) is 22.2. The topological polar surface area (TPSA) is 76.1 Å². The number of nitrogens with zero attached hydrogens (tertiary/aromatic N) is 1. The van der Waals surface area contributed by atoms with Crippen molar-refractivity contribution in [1.29, 1.82) is 0 Å². The number of thiophene rings is 1. The zero-order valence-electron chi connectivity index (χ0n) is 18.2. The Bertz CT molecular complexity index is 863. The van der Waals surface area contributed by atoms with Crippen LogP contribution in [0.1, 0.15) is 59.1 Å². The molecule has 1 fully saturated rings. The molecule has 1 amide bonds. The van der Waals surface area contributed by atoms with Crippen molar-refractivity contribution in [3.8, 4) is 0 Å². The zero-order valence-corrected chi connectivity index (χ0v) is 19.0. The SMILES string of the molecule is CCCCCCc1ccc(N2C(=O)CC(O)C2COCc2ccc(C(=O)OC)s2)cc1. The minimum absolute atomic E-state index is 0.0955. The molecule has 2 aromatic rings. The van der Waals surface area contributed by atoms with E-state index in [2.05, 4.69) is 19.1 Å². The molecule has 0 saturated carbocycles. The fourth-order valence-electron chi connectivity index (χ4n) is 3.82. The second kappa shape index (κ2) is 11.4. The maximum absolute atomic E-state index is 12.5. The summed E-state index contributed by atoms with van der Waals surface area (Å²) in [5.74, 6) is -0.464. The molecule has 168 valence electrons. The van der Waals surface area contributed by atoms with Crippen LogP contribution in [-0.4, -0.2) is 42.8 Å². The number of amides is 1. The lowest BCUT2D eigenvalue weighted by molar-refractivity contribution is -0.117. The van der Waals surface area contributed by atoms with E-state index in [0.717, 1.165) is 17.0 Å². The summed E-state index contributed by atoms with van der Waals surface area (Å²) >= 11 is 1.31. The standard InChI is InChI=1S/C24H31NO5S/c1-3-4-5-6-7-17-8-10-18(11-9-17)25-20(21(26)14-23(25)27)16-30-15-19-12-13-22(31-19)24(28)29-2/h8-13,20-21,26H,3-7,14-16H2,1-2H3. The first-order chi connectivity index (χ1) is 15.0. The van der Waals surface area contributed by atoms with Crippen molar-refractivity contribution in [2.24, 2.45) is 0 Å². The van der Waals surface area contributed by atoms with Crippen molar-refractivity contribution < 1.29 is 24.2 Å². The van der Waals surface area contributed by atoms with Gasteiger partial charge in [0.05, 0.1) is 38.9 Å². The van der Waals surface area contributed by atoms with E-state index in [4.69, 9.17) is 9.47 Å². The summed E-state index contributed by atoms with van der Waals surface area (Å²) in [6.07, 6.45) is 5.26. The van der Waals surface area contributed by atoms with Crippen LogP contribution in [0.2, 0.25) is 0 Å². The molecule has 0 bridgehead atoms. The maximum Gasteiger partial charge on any atom is 0.348 e. The van der Waals surface area contributed by atoms with Gasteiger partial charge < -0.3 is 19.5 Å². The Morgan fingerprint density at radius 2 is 1.94 bits per heavy atom. The molecule has 7 heteroatoms. The van der Waals surface area contributed by atoms with E-state index in [1.165, 1.54) is 49.7 Å². The molecule has 1 aliphatic rings. The van der Waals surface area contributed by atoms with Gasteiger partial charge in [0.2, 0.25) is 5.91 Å². The van der Waals surface area contributed by atoms with E-state index in [1.54, 1.807) is 11.0 Å². The smallest absolute Gasteiger partial charge is 0.348 e. The third kappa shape index (κ3) is 6.15. The summed E-state index contributed by atoms with van der Waals surface area (Å²) in [4.78, 5) is 27.2. The summed E-state index contributed by atoms with van der Waals surface area (Å²) in [6.45, 7) is 2.73. The first-order valence-corrected chi connectivity index (χ1v) is 11.7. The number of ether oxygens (including phenoxy) is 2. The van der Waals surface area contributed by atoms with Gasteiger partial charge in [-0.05, 0) is 42.7 Å². The molecule has 0 aliphatic carbocycles. The molecular formula is C24H31NO5S. The highest BCUT2D eigenvalue weighted by Crippen LogP contribution is 2.28. The molecule has 6 nitrogen and oxygen atoms in total. The van der Waals surface area contributed by atoms with E-state index in [-0.39, 0.29) is 24.9 Å². The predicted octanol–water partition coefficient (Wildman–Crippen LogP) is 4.34. The number of hydrogen-bond donors (Lipinski definition) is 1. The predicted molar refractivity (Wildman–Crippen MR) is 122 cm³/mol. The molecule has 0 radical (unpaired) electrons. The van der Waals surface area contributed by atoms with Gasteiger partial charge in [0.25, 0.3) is 0 Å². The third-order valence-electron chi connectivity index (χ3n) is 5.54. The summed E-state index contributed by atoms with van der Waals surface area (Å²) in [7, 11) is 1.35. The van der Waals surface area contributed by atoms with Crippen LogP contribution in [0.3, 0.4) is 0 Å². The number of aliphatic hydroxyl groups excluding tert-OH is 1. The molecule has 0 spiro atoms. The number of hydrogen-bond acceptors (Lipinski definition) is 6. The fourth-order valence-corrected chi connectivity index (χ4v) is 4.68. The molecule has 1 aliphatic heterocycles. The lowest BCUT2D eigenvalue weighted by Crippen LogP contribution is -2.40. The molecule has 1 aromatic carbocycles. The molecule has 2 heterocycles. The molecule has 3 rings (SSSR count). The number of carbonyl (C=O) groups excluding carboxylic acids is 2. The maximum atomic E-state index is 12.5. The second-order valence-electron chi connectivity index (χ2n) is 7.85. The van der Waals surface area contributed by atoms with Gasteiger partial charge in [0, 0.05) is 10.6 Å². The van der Waals surface area contributed by atoms with Crippen molar-refractivity contribution in [3.63, 3.8) is 0 Å². The van der Waals surface area contributed by atoms with Crippen molar-refractivity contribution in [1.82, 2.24) is 0 Å². The van der Waals surface area contributed by atoms with Crippen molar-refractivity contribution in [3.05, 3.63) is 51.7 Å². The number of esters is 1. The average Bonchev–Trinajstić information content (AvgIpc) is 3.35. The van der Waals surface area contributed by atoms with E-state index >= 15 is 0 Å².